The van der Waals surface area contributed by atoms with Crippen molar-refractivity contribution in [2.24, 2.45) is 56.7 Å². The Hall–Kier alpha value is -2.56. The fraction of sp³-hybridized carbons (Fsp3) is 0.776. The number of esters is 1. The summed E-state index contributed by atoms with van der Waals surface area (Å²) in [6, 6.07) is 2.06. The lowest BCUT2D eigenvalue weighted by molar-refractivity contribution is -0.221. The number of nitrogens with zero attached hydrogens (tertiary/aromatic N) is 3. The summed E-state index contributed by atoms with van der Waals surface area (Å²) in [4.78, 5) is 24.3. The van der Waals surface area contributed by atoms with E-state index in [1.165, 1.54) is 68.1 Å². The summed E-state index contributed by atoms with van der Waals surface area (Å²) in [5.74, 6) is 3.49. The Morgan fingerprint density at radius 2 is 1.66 bits per heavy atom. The first-order valence-corrected chi connectivity index (χ1v) is 25.1. The third-order valence-corrected chi connectivity index (χ3v) is 20.3. The van der Waals surface area contributed by atoms with Gasteiger partial charge in [-0.1, -0.05) is 58.9 Å². The molecule has 7 aliphatic rings. The summed E-state index contributed by atoms with van der Waals surface area (Å²) in [6.45, 7) is 25.7. The summed E-state index contributed by atoms with van der Waals surface area (Å²) in [5.41, 5.74) is 4.45. The van der Waals surface area contributed by atoms with Crippen molar-refractivity contribution in [1.82, 2.24) is 20.2 Å². The largest absolute Gasteiger partial charge is 0.465 e. The van der Waals surface area contributed by atoms with Gasteiger partial charge in [0.15, 0.2) is 9.84 Å². The highest BCUT2D eigenvalue weighted by molar-refractivity contribution is 7.91. The van der Waals surface area contributed by atoms with Gasteiger partial charge in [0.1, 0.15) is 12.0 Å². The number of nitrogens with one attached hydrogen (secondary N) is 1. The normalized spacial score (nSPS) is 41.2. The molecule has 2 heterocycles. The molecule has 0 radical (unpaired) electrons. The van der Waals surface area contributed by atoms with Crippen LogP contribution in [0.2, 0.25) is 0 Å². The first-order chi connectivity index (χ1) is 27.9. The van der Waals surface area contributed by atoms with Gasteiger partial charge in [-0.25, -0.2) is 18.4 Å². The zero-order valence-corrected chi connectivity index (χ0v) is 38.2. The number of hydrogen-bond acceptors (Lipinski definition) is 9. The first kappa shape index (κ1) is 43.1. The number of carbonyl (C=O) groups excluding carboxylic acids is 1. The van der Waals surface area contributed by atoms with Crippen LogP contribution in [-0.2, 0) is 19.4 Å². The minimum Gasteiger partial charge on any atom is -0.465 e. The quantitative estimate of drug-likeness (QED) is 0.173. The fourth-order valence-corrected chi connectivity index (χ4v) is 16.7. The summed E-state index contributed by atoms with van der Waals surface area (Å²) in [7, 11) is -2.87. The zero-order chi connectivity index (χ0) is 42.1. The standard InChI is InChI=1S/C49H74N4O5S/c1-9-57-42(54)48(33-58-43-50-25-10-26-51-43)20-13-35(14-21-48)37-16-18-45(6)39(44(37,4)5)17-19-47(8)40(45)12-11-38-41-36(34(2)3)15-22-49(41,24-23-46(38,47)7)52-27-28-53-29-31-59(55,56)32-30-53/h10,13,16,25-26,36,38-41,52H,2,9,11-12,14-15,17-24,27-33H2,1,3-8H3/t36-,38+,39-,40+,41+,45-,46+,47+,48?,49-/m0/s1. The molecule has 4 saturated carbocycles. The topological polar surface area (TPSA) is 111 Å². The summed E-state index contributed by atoms with van der Waals surface area (Å²) in [6.07, 6.45) is 21.6. The lowest BCUT2D eigenvalue weighted by atomic mass is 9.33. The van der Waals surface area contributed by atoms with Crippen molar-refractivity contribution in [3.05, 3.63) is 53.9 Å². The molecule has 0 amide bonds. The van der Waals surface area contributed by atoms with Gasteiger partial charge in [-0.3, -0.25) is 4.79 Å². The Morgan fingerprint density at radius 1 is 0.915 bits per heavy atom. The van der Waals surface area contributed by atoms with Gasteiger partial charge in [0.2, 0.25) is 0 Å². The molecule has 10 atom stereocenters. The number of rotatable bonds is 11. The second-order valence-corrected chi connectivity index (χ2v) is 23.9. The van der Waals surface area contributed by atoms with Gasteiger partial charge in [-0.2, -0.15) is 0 Å². The average Bonchev–Trinajstić information content (AvgIpc) is 3.59. The van der Waals surface area contributed by atoms with Crippen LogP contribution in [0, 0.1) is 56.7 Å². The van der Waals surface area contributed by atoms with Crippen LogP contribution < -0.4 is 10.1 Å². The second-order valence-electron chi connectivity index (χ2n) is 21.6. The Labute approximate surface area is 356 Å². The van der Waals surface area contributed by atoms with Gasteiger partial charge in [0.25, 0.3) is 0 Å². The van der Waals surface area contributed by atoms with Crippen LogP contribution in [0.15, 0.2) is 53.9 Å². The Morgan fingerprint density at radius 3 is 2.34 bits per heavy atom. The van der Waals surface area contributed by atoms with E-state index in [0.29, 0.717) is 79.6 Å². The molecule has 0 spiro atoms. The number of allylic oxidation sites excluding steroid dienone is 5. The summed E-state index contributed by atoms with van der Waals surface area (Å²) in [5, 5.41) is 4.23. The SMILES string of the molecule is C=C(C)[C@@H]1CC[C@]2(NCCN3CCS(=O)(=O)CC3)CC[C@]3(C)[C@H](CC[C@@H]4[C@@]5(C)CC=C(C6=CCC(COc7ncccn7)(C(=O)OCC)CC6)C(C)(C)[C@@H]5CC[C@]43C)[C@@H]12. The maximum absolute atomic E-state index is 13.5. The fourth-order valence-electron chi connectivity index (χ4n) is 15.4. The van der Waals surface area contributed by atoms with Gasteiger partial charge in [-0.05, 0) is 159 Å². The molecule has 1 N–H and O–H groups in total. The molecular formula is C49H74N4O5S. The van der Waals surface area contributed by atoms with Crippen molar-refractivity contribution in [3.63, 3.8) is 0 Å². The van der Waals surface area contributed by atoms with E-state index in [2.05, 4.69) is 80.5 Å². The lowest BCUT2D eigenvalue weighted by Gasteiger charge is -2.72. The number of ether oxygens (including phenoxy) is 2. The molecule has 9 nitrogen and oxygen atoms in total. The number of sulfone groups is 1. The Bertz CT molecular complexity index is 1930. The highest BCUT2D eigenvalue weighted by atomic mass is 32.2. The van der Waals surface area contributed by atoms with E-state index in [4.69, 9.17) is 9.47 Å². The molecule has 0 bridgehead atoms. The van der Waals surface area contributed by atoms with Crippen LogP contribution in [0.25, 0.3) is 0 Å². The van der Waals surface area contributed by atoms with Crippen LogP contribution in [0.1, 0.15) is 126 Å². The minimum atomic E-state index is -2.87. The second kappa shape index (κ2) is 15.7. The van der Waals surface area contributed by atoms with Gasteiger partial charge < -0.3 is 19.7 Å². The third kappa shape index (κ3) is 7.19. The molecule has 1 saturated heterocycles. The van der Waals surface area contributed by atoms with Crippen LogP contribution in [-0.4, -0.2) is 85.7 Å². The van der Waals surface area contributed by atoms with Crippen molar-refractivity contribution >= 4 is 15.8 Å². The molecule has 5 fully saturated rings. The maximum atomic E-state index is 13.5. The molecular weight excluding hydrogens is 757 g/mol. The molecule has 1 aliphatic heterocycles. The maximum Gasteiger partial charge on any atom is 0.316 e. The van der Waals surface area contributed by atoms with Crippen molar-refractivity contribution in [3.8, 4) is 6.01 Å². The number of aromatic nitrogens is 2. The summed E-state index contributed by atoms with van der Waals surface area (Å²) < 4.78 is 35.9. The van der Waals surface area contributed by atoms with E-state index in [0.717, 1.165) is 25.9 Å². The first-order valence-electron chi connectivity index (χ1n) is 23.2. The zero-order valence-electron chi connectivity index (χ0n) is 37.4. The molecule has 6 aliphatic carbocycles. The molecule has 0 aromatic carbocycles. The van der Waals surface area contributed by atoms with Crippen molar-refractivity contribution in [1.29, 1.82) is 0 Å². The van der Waals surface area contributed by atoms with Crippen molar-refractivity contribution < 1.29 is 22.7 Å². The molecule has 1 aromatic rings. The van der Waals surface area contributed by atoms with Crippen molar-refractivity contribution in [2.45, 2.75) is 131 Å². The van der Waals surface area contributed by atoms with Crippen molar-refractivity contribution in [2.75, 3.05) is 50.9 Å². The number of hydrogen-bond donors (Lipinski definition) is 1. The molecule has 326 valence electrons. The third-order valence-electron chi connectivity index (χ3n) is 18.7. The summed E-state index contributed by atoms with van der Waals surface area (Å²) >= 11 is 0. The monoisotopic (exact) mass is 831 g/mol. The van der Waals surface area contributed by atoms with Crippen LogP contribution in [0.5, 0.6) is 6.01 Å². The molecule has 8 rings (SSSR count). The predicted octanol–water partition coefficient (Wildman–Crippen LogP) is 8.78. The van der Waals surface area contributed by atoms with Gasteiger partial charge >= 0.3 is 12.0 Å². The van der Waals surface area contributed by atoms with E-state index in [-0.39, 0.29) is 39.8 Å². The van der Waals surface area contributed by atoms with Gasteiger partial charge in [-0.15, -0.1) is 0 Å². The van der Waals surface area contributed by atoms with Gasteiger partial charge in [0, 0.05) is 44.1 Å². The van der Waals surface area contributed by atoms with E-state index in [1.54, 1.807) is 18.5 Å². The van der Waals surface area contributed by atoms with E-state index in [1.807, 2.05) is 6.92 Å². The van der Waals surface area contributed by atoms with E-state index >= 15 is 0 Å². The predicted molar refractivity (Wildman–Crippen MR) is 234 cm³/mol. The number of carbonyl (C=O) groups is 1. The van der Waals surface area contributed by atoms with Gasteiger partial charge in [0.05, 0.1) is 18.1 Å². The molecule has 10 heteroatoms. The van der Waals surface area contributed by atoms with E-state index in [9.17, 15) is 13.2 Å². The van der Waals surface area contributed by atoms with E-state index < -0.39 is 15.3 Å². The smallest absolute Gasteiger partial charge is 0.316 e. The van der Waals surface area contributed by atoms with Crippen LogP contribution >= 0.6 is 0 Å². The average molecular weight is 831 g/mol. The number of fused-ring (bicyclic) bond motifs is 7. The minimum absolute atomic E-state index is 0.0247. The lowest BCUT2D eigenvalue weighted by Crippen LogP contribution is -2.68. The Balaban J connectivity index is 1.01. The highest BCUT2D eigenvalue weighted by Gasteiger charge is 2.70. The molecule has 59 heavy (non-hydrogen) atoms. The highest BCUT2D eigenvalue weighted by Crippen LogP contribution is 2.76. The Kier molecular flexibility index (Phi) is 11.4. The van der Waals surface area contributed by atoms with Crippen LogP contribution in [0.3, 0.4) is 0 Å². The van der Waals surface area contributed by atoms with Crippen LogP contribution in [0.4, 0.5) is 0 Å². The molecule has 1 unspecified atom stereocenters. The molecule has 1 aromatic heterocycles.